The van der Waals surface area contributed by atoms with E-state index < -0.39 is 5.97 Å². The predicted octanol–water partition coefficient (Wildman–Crippen LogP) is 5.00. The number of thioether (sulfide) groups is 1. The Balaban J connectivity index is 1.83. The zero-order valence-electron chi connectivity index (χ0n) is 15.2. The number of imide groups is 1. The van der Waals surface area contributed by atoms with E-state index >= 15 is 0 Å². The number of hydrogen-bond donors (Lipinski definition) is 0. The number of nitrogens with zero attached hydrogens (tertiary/aromatic N) is 1. The molecule has 1 aliphatic rings. The number of benzene rings is 2. The zero-order valence-corrected chi connectivity index (χ0v) is 19.2. The second kappa shape index (κ2) is 9.60. The van der Waals surface area contributed by atoms with Crippen LogP contribution in [0.5, 0.6) is 5.75 Å². The number of hydrogen-bond acceptors (Lipinski definition) is 6. The summed E-state index contributed by atoms with van der Waals surface area (Å²) >= 11 is 7.63. The van der Waals surface area contributed by atoms with Gasteiger partial charge in [0.05, 0.1) is 18.6 Å². The van der Waals surface area contributed by atoms with Gasteiger partial charge in [-0.3, -0.25) is 14.5 Å². The van der Waals surface area contributed by atoms with Gasteiger partial charge in [0.25, 0.3) is 11.1 Å². The average molecular weight is 541 g/mol. The van der Waals surface area contributed by atoms with Crippen molar-refractivity contribution in [3.8, 4) is 5.75 Å². The molecule has 0 aromatic heterocycles. The lowest BCUT2D eigenvalue weighted by atomic mass is 10.1. The lowest BCUT2D eigenvalue weighted by Gasteiger charge is -2.12. The second-order valence-corrected chi connectivity index (χ2v) is 8.77. The molecule has 2 aromatic rings. The van der Waals surface area contributed by atoms with Gasteiger partial charge < -0.3 is 9.47 Å². The number of carbonyl (C=O) groups is 3. The van der Waals surface area contributed by atoms with Gasteiger partial charge in [-0.2, -0.15) is 0 Å². The number of amides is 2. The Hall–Kier alpha value is -2.10. The van der Waals surface area contributed by atoms with Gasteiger partial charge in [-0.1, -0.05) is 44.0 Å². The minimum absolute atomic E-state index is 0.186. The van der Waals surface area contributed by atoms with Crippen molar-refractivity contribution in [3.05, 3.63) is 67.4 Å². The highest BCUT2D eigenvalue weighted by molar-refractivity contribution is 9.10. The maximum Gasteiger partial charge on any atom is 0.343 e. The fourth-order valence-corrected chi connectivity index (χ4v) is 4.21. The number of carbonyl (C=O) groups excluding carboxylic acids is 3. The van der Waals surface area contributed by atoms with Crippen molar-refractivity contribution in [1.82, 2.24) is 4.90 Å². The zero-order chi connectivity index (χ0) is 21.0. The van der Waals surface area contributed by atoms with Crippen molar-refractivity contribution in [3.63, 3.8) is 0 Å². The number of ether oxygens (including phenoxy) is 2. The number of rotatable bonds is 6. The molecule has 1 fully saturated rings. The van der Waals surface area contributed by atoms with E-state index in [0.717, 1.165) is 26.3 Å². The number of halogens is 2. The van der Waals surface area contributed by atoms with Crippen LogP contribution in [0.2, 0.25) is 0 Å². The van der Waals surface area contributed by atoms with E-state index in [1.54, 1.807) is 24.3 Å². The fourth-order valence-electron chi connectivity index (χ4n) is 2.55. The molecular formula is C20H15Br2NO5S. The smallest absolute Gasteiger partial charge is 0.343 e. The molecule has 2 amide bonds. The third kappa shape index (κ3) is 5.49. The van der Waals surface area contributed by atoms with E-state index in [0.29, 0.717) is 11.3 Å². The van der Waals surface area contributed by atoms with E-state index in [4.69, 9.17) is 4.74 Å². The summed E-state index contributed by atoms with van der Waals surface area (Å²) < 4.78 is 11.7. The van der Waals surface area contributed by atoms with Crippen LogP contribution in [0.1, 0.15) is 11.1 Å². The standard InChI is InChI=1S/C20H15Br2NO5S/c1-27-18(24)11-28-16-6-5-15(22)8-13(16)9-17-19(25)23(20(26)29-17)10-12-3-2-4-14(21)7-12/h2-9H,10-11H2,1H3/b17-9+. The maximum absolute atomic E-state index is 12.8. The fraction of sp³-hybridized carbons (Fsp3) is 0.150. The van der Waals surface area contributed by atoms with E-state index in [2.05, 4.69) is 36.6 Å². The minimum atomic E-state index is -0.520. The Morgan fingerprint density at radius 1 is 1.14 bits per heavy atom. The van der Waals surface area contributed by atoms with Crippen LogP contribution in [-0.2, 0) is 20.9 Å². The van der Waals surface area contributed by atoms with E-state index in [1.165, 1.54) is 12.0 Å². The van der Waals surface area contributed by atoms with E-state index in [-0.39, 0.29) is 29.2 Å². The Morgan fingerprint density at radius 3 is 2.62 bits per heavy atom. The molecule has 9 heteroatoms. The van der Waals surface area contributed by atoms with Gasteiger partial charge in [0.15, 0.2) is 6.61 Å². The summed E-state index contributed by atoms with van der Waals surface area (Å²) in [7, 11) is 1.27. The van der Waals surface area contributed by atoms with Gasteiger partial charge in [-0.15, -0.1) is 0 Å². The summed E-state index contributed by atoms with van der Waals surface area (Å²) in [6.45, 7) is -0.0744. The van der Waals surface area contributed by atoms with Crippen LogP contribution in [0, 0.1) is 0 Å². The van der Waals surface area contributed by atoms with Crippen LogP contribution in [-0.4, -0.2) is 35.7 Å². The van der Waals surface area contributed by atoms with Crippen LogP contribution in [0.3, 0.4) is 0 Å². The van der Waals surface area contributed by atoms with Crippen molar-refractivity contribution in [2.24, 2.45) is 0 Å². The van der Waals surface area contributed by atoms with Crippen molar-refractivity contribution in [2.45, 2.75) is 6.54 Å². The van der Waals surface area contributed by atoms with E-state index in [9.17, 15) is 14.4 Å². The number of methoxy groups -OCH3 is 1. The van der Waals surface area contributed by atoms with Gasteiger partial charge >= 0.3 is 5.97 Å². The molecule has 0 atom stereocenters. The normalized spacial score (nSPS) is 15.1. The molecule has 0 radical (unpaired) electrons. The first kappa shape index (κ1) is 21.6. The Bertz CT molecular complexity index is 1010. The molecule has 6 nitrogen and oxygen atoms in total. The highest BCUT2D eigenvalue weighted by Crippen LogP contribution is 2.35. The first-order valence-electron chi connectivity index (χ1n) is 8.36. The Morgan fingerprint density at radius 2 is 1.90 bits per heavy atom. The predicted molar refractivity (Wildman–Crippen MR) is 117 cm³/mol. The monoisotopic (exact) mass is 539 g/mol. The highest BCUT2D eigenvalue weighted by atomic mass is 79.9. The van der Waals surface area contributed by atoms with Crippen molar-refractivity contribution >= 4 is 66.8 Å². The first-order valence-corrected chi connectivity index (χ1v) is 10.8. The van der Waals surface area contributed by atoms with Crippen LogP contribution in [0.4, 0.5) is 4.79 Å². The molecule has 1 saturated heterocycles. The van der Waals surface area contributed by atoms with Gasteiger partial charge in [0.1, 0.15) is 5.75 Å². The third-order valence-corrected chi connectivity index (χ3v) is 5.83. The van der Waals surface area contributed by atoms with Gasteiger partial charge in [0, 0.05) is 14.5 Å². The molecule has 0 N–H and O–H groups in total. The Kier molecular flexibility index (Phi) is 7.15. The lowest BCUT2D eigenvalue weighted by molar-refractivity contribution is -0.142. The molecule has 2 aromatic carbocycles. The number of esters is 1. The van der Waals surface area contributed by atoms with Crippen LogP contribution in [0.15, 0.2) is 56.3 Å². The quantitative estimate of drug-likeness (QED) is 0.379. The topological polar surface area (TPSA) is 72.9 Å². The molecule has 1 heterocycles. The molecule has 0 aliphatic carbocycles. The van der Waals surface area contributed by atoms with Gasteiger partial charge in [-0.05, 0) is 53.7 Å². The van der Waals surface area contributed by atoms with Crippen LogP contribution < -0.4 is 4.74 Å². The molecule has 150 valence electrons. The van der Waals surface area contributed by atoms with Crippen LogP contribution in [0.25, 0.3) is 6.08 Å². The summed E-state index contributed by atoms with van der Waals surface area (Å²) in [4.78, 5) is 38.0. The van der Waals surface area contributed by atoms with Gasteiger partial charge in [-0.25, -0.2) is 4.79 Å². The van der Waals surface area contributed by atoms with Crippen LogP contribution >= 0.6 is 43.6 Å². The Labute approximate surface area is 188 Å². The average Bonchev–Trinajstić information content (AvgIpc) is 2.94. The van der Waals surface area contributed by atoms with Crippen molar-refractivity contribution in [1.29, 1.82) is 0 Å². The largest absolute Gasteiger partial charge is 0.481 e. The van der Waals surface area contributed by atoms with Crippen molar-refractivity contribution in [2.75, 3.05) is 13.7 Å². The molecule has 0 unspecified atom stereocenters. The van der Waals surface area contributed by atoms with Gasteiger partial charge in [0.2, 0.25) is 0 Å². The molecular weight excluding hydrogens is 526 g/mol. The summed E-state index contributed by atoms with van der Waals surface area (Å²) in [5, 5.41) is -0.340. The van der Waals surface area contributed by atoms with Crippen molar-refractivity contribution < 1.29 is 23.9 Å². The molecule has 0 saturated carbocycles. The summed E-state index contributed by atoms with van der Waals surface area (Å²) in [6, 6.07) is 12.6. The third-order valence-electron chi connectivity index (χ3n) is 3.93. The summed E-state index contributed by atoms with van der Waals surface area (Å²) in [5.41, 5.74) is 1.41. The second-order valence-electron chi connectivity index (χ2n) is 5.94. The molecule has 0 bridgehead atoms. The maximum atomic E-state index is 12.8. The molecule has 0 spiro atoms. The highest BCUT2D eigenvalue weighted by Gasteiger charge is 2.35. The molecule has 3 rings (SSSR count). The minimum Gasteiger partial charge on any atom is -0.481 e. The SMILES string of the molecule is COC(=O)COc1ccc(Br)cc1/C=C1/SC(=O)N(Cc2cccc(Br)c2)C1=O. The lowest BCUT2D eigenvalue weighted by Crippen LogP contribution is -2.27. The van der Waals surface area contributed by atoms with E-state index in [1.807, 2.05) is 24.3 Å². The molecule has 29 heavy (non-hydrogen) atoms. The first-order chi connectivity index (χ1) is 13.9. The summed E-state index contributed by atoms with van der Waals surface area (Å²) in [6.07, 6.45) is 1.59. The summed E-state index contributed by atoms with van der Waals surface area (Å²) in [5.74, 6) is -0.496. The molecule has 1 aliphatic heterocycles.